The summed E-state index contributed by atoms with van der Waals surface area (Å²) >= 11 is 1.53. The van der Waals surface area contributed by atoms with Gasteiger partial charge in [-0.1, -0.05) is 25.2 Å². The number of rotatable bonds is 6. The summed E-state index contributed by atoms with van der Waals surface area (Å²) < 4.78 is 5.06. The van der Waals surface area contributed by atoms with E-state index < -0.39 is 0 Å². The standard InChI is InChI=1S/C11H20N2O2S/c1-8(2)5-13(3)11-12-9(7-15-4)10(6-14)16-11/h8,14H,5-7H2,1-4H3. The van der Waals surface area contributed by atoms with Crippen LogP contribution < -0.4 is 4.90 Å². The second-order valence-electron chi connectivity index (χ2n) is 4.23. The first-order chi connectivity index (χ1) is 7.58. The van der Waals surface area contributed by atoms with Gasteiger partial charge in [-0.3, -0.25) is 0 Å². The molecule has 1 aromatic heterocycles. The smallest absolute Gasteiger partial charge is 0.185 e. The molecule has 1 aromatic rings. The van der Waals surface area contributed by atoms with Crippen molar-refractivity contribution >= 4 is 16.5 Å². The van der Waals surface area contributed by atoms with Crippen LogP contribution in [0.25, 0.3) is 0 Å². The number of hydrogen-bond acceptors (Lipinski definition) is 5. The quantitative estimate of drug-likeness (QED) is 0.830. The van der Waals surface area contributed by atoms with Gasteiger partial charge < -0.3 is 14.7 Å². The zero-order valence-electron chi connectivity index (χ0n) is 10.4. The molecule has 0 amide bonds. The number of hydrogen-bond donors (Lipinski definition) is 1. The third kappa shape index (κ3) is 3.43. The van der Waals surface area contributed by atoms with Gasteiger partial charge in [0.25, 0.3) is 0 Å². The van der Waals surface area contributed by atoms with E-state index in [0.29, 0.717) is 12.5 Å². The van der Waals surface area contributed by atoms with Crippen molar-refractivity contribution in [3.63, 3.8) is 0 Å². The van der Waals surface area contributed by atoms with Crippen molar-refractivity contribution in [3.05, 3.63) is 10.6 Å². The van der Waals surface area contributed by atoms with Crippen molar-refractivity contribution in [2.75, 3.05) is 25.6 Å². The first kappa shape index (κ1) is 13.4. The molecule has 0 aromatic carbocycles. The third-order valence-corrected chi connectivity index (χ3v) is 3.35. The molecule has 0 aliphatic heterocycles. The van der Waals surface area contributed by atoms with Crippen LogP contribution in [0.3, 0.4) is 0 Å². The van der Waals surface area contributed by atoms with Gasteiger partial charge in [-0.25, -0.2) is 4.98 Å². The Labute approximate surface area is 101 Å². The van der Waals surface area contributed by atoms with E-state index in [9.17, 15) is 5.11 Å². The Morgan fingerprint density at radius 2 is 2.19 bits per heavy atom. The Morgan fingerprint density at radius 3 is 2.69 bits per heavy atom. The maximum absolute atomic E-state index is 9.22. The van der Waals surface area contributed by atoms with E-state index in [4.69, 9.17) is 4.74 Å². The maximum Gasteiger partial charge on any atom is 0.185 e. The summed E-state index contributed by atoms with van der Waals surface area (Å²) in [6.45, 7) is 5.80. The largest absolute Gasteiger partial charge is 0.391 e. The normalized spacial score (nSPS) is 11.1. The number of nitrogens with zero attached hydrogens (tertiary/aromatic N) is 2. The van der Waals surface area contributed by atoms with Crippen LogP contribution in [0, 0.1) is 5.92 Å². The summed E-state index contributed by atoms with van der Waals surface area (Å²) in [5.74, 6) is 0.595. The number of ether oxygens (including phenoxy) is 1. The summed E-state index contributed by atoms with van der Waals surface area (Å²) in [6, 6.07) is 0. The van der Waals surface area contributed by atoms with Crippen LogP contribution in [0.1, 0.15) is 24.4 Å². The molecule has 16 heavy (non-hydrogen) atoms. The van der Waals surface area contributed by atoms with Crippen LogP contribution in [-0.4, -0.2) is 30.8 Å². The van der Waals surface area contributed by atoms with Gasteiger partial charge in [-0.15, -0.1) is 0 Å². The van der Waals surface area contributed by atoms with Crippen LogP contribution in [0.2, 0.25) is 0 Å². The summed E-state index contributed by atoms with van der Waals surface area (Å²) in [5, 5.41) is 10.2. The Hall–Kier alpha value is -0.650. The van der Waals surface area contributed by atoms with Crippen molar-refractivity contribution in [1.29, 1.82) is 0 Å². The monoisotopic (exact) mass is 244 g/mol. The molecule has 0 aliphatic carbocycles. The molecule has 0 radical (unpaired) electrons. The Morgan fingerprint density at radius 1 is 1.50 bits per heavy atom. The van der Waals surface area contributed by atoms with E-state index >= 15 is 0 Å². The predicted molar refractivity (Wildman–Crippen MR) is 66.9 cm³/mol. The lowest BCUT2D eigenvalue weighted by atomic mass is 10.2. The number of anilines is 1. The topological polar surface area (TPSA) is 45.6 Å². The molecule has 1 N–H and O–H groups in total. The fourth-order valence-corrected chi connectivity index (χ4v) is 2.43. The number of aliphatic hydroxyl groups is 1. The van der Waals surface area contributed by atoms with Gasteiger partial charge in [0.1, 0.15) is 0 Å². The molecule has 0 spiro atoms. The van der Waals surface area contributed by atoms with Gasteiger partial charge in [0.2, 0.25) is 0 Å². The first-order valence-electron chi connectivity index (χ1n) is 5.38. The molecule has 0 fully saturated rings. The highest BCUT2D eigenvalue weighted by molar-refractivity contribution is 7.15. The highest BCUT2D eigenvalue weighted by atomic mass is 32.1. The van der Waals surface area contributed by atoms with E-state index in [1.807, 2.05) is 7.05 Å². The zero-order valence-corrected chi connectivity index (χ0v) is 11.2. The molecule has 4 nitrogen and oxygen atoms in total. The minimum atomic E-state index is 0.0336. The fraction of sp³-hybridized carbons (Fsp3) is 0.727. The Balaban J connectivity index is 2.80. The highest BCUT2D eigenvalue weighted by Crippen LogP contribution is 2.26. The van der Waals surface area contributed by atoms with Gasteiger partial charge in [0, 0.05) is 20.7 Å². The molecule has 0 atom stereocenters. The fourth-order valence-electron chi connectivity index (χ4n) is 1.53. The molecule has 0 bridgehead atoms. The first-order valence-corrected chi connectivity index (χ1v) is 6.19. The van der Waals surface area contributed by atoms with Crippen molar-refractivity contribution in [2.24, 2.45) is 5.92 Å². The van der Waals surface area contributed by atoms with Crippen LogP contribution in [-0.2, 0) is 18.0 Å². The summed E-state index contributed by atoms with van der Waals surface area (Å²) in [4.78, 5) is 7.50. The zero-order chi connectivity index (χ0) is 12.1. The molecule has 0 unspecified atom stereocenters. The third-order valence-electron chi connectivity index (χ3n) is 2.16. The van der Waals surface area contributed by atoms with Crippen molar-refractivity contribution in [3.8, 4) is 0 Å². The SMILES string of the molecule is COCc1nc(N(C)CC(C)C)sc1CO. The number of methoxy groups -OCH3 is 1. The van der Waals surface area contributed by atoms with Crippen LogP contribution in [0.4, 0.5) is 5.13 Å². The molecule has 92 valence electrons. The van der Waals surface area contributed by atoms with Gasteiger partial charge in [0.15, 0.2) is 5.13 Å². The molecule has 0 saturated carbocycles. The lowest BCUT2D eigenvalue weighted by molar-refractivity contribution is 0.179. The van der Waals surface area contributed by atoms with Crippen molar-refractivity contribution in [1.82, 2.24) is 4.98 Å². The number of thiazole rings is 1. The molecule has 1 rings (SSSR count). The number of aromatic nitrogens is 1. The average Bonchev–Trinajstić information content (AvgIpc) is 2.61. The molecular weight excluding hydrogens is 224 g/mol. The lowest BCUT2D eigenvalue weighted by Gasteiger charge is -2.17. The van der Waals surface area contributed by atoms with Crippen LogP contribution in [0.5, 0.6) is 0 Å². The number of aliphatic hydroxyl groups excluding tert-OH is 1. The van der Waals surface area contributed by atoms with E-state index in [0.717, 1.165) is 22.2 Å². The Bertz CT molecular complexity index is 326. The van der Waals surface area contributed by atoms with E-state index in [-0.39, 0.29) is 6.61 Å². The highest BCUT2D eigenvalue weighted by Gasteiger charge is 2.13. The second kappa shape index (κ2) is 6.18. The Kier molecular flexibility index (Phi) is 5.18. The predicted octanol–water partition coefficient (Wildman–Crippen LogP) is 1.87. The van der Waals surface area contributed by atoms with Gasteiger partial charge in [-0.05, 0) is 5.92 Å². The van der Waals surface area contributed by atoms with Crippen LogP contribution in [0.15, 0.2) is 0 Å². The molecule has 0 saturated heterocycles. The van der Waals surface area contributed by atoms with E-state index in [1.165, 1.54) is 11.3 Å². The molecular formula is C11H20N2O2S. The minimum absolute atomic E-state index is 0.0336. The van der Waals surface area contributed by atoms with Gasteiger partial charge in [0.05, 0.1) is 23.8 Å². The average molecular weight is 244 g/mol. The minimum Gasteiger partial charge on any atom is -0.391 e. The van der Waals surface area contributed by atoms with E-state index in [1.54, 1.807) is 7.11 Å². The van der Waals surface area contributed by atoms with E-state index in [2.05, 4.69) is 23.7 Å². The second-order valence-corrected chi connectivity index (χ2v) is 5.29. The molecule has 1 heterocycles. The van der Waals surface area contributed by atoms with Crippen LogP contribution >= 0.6 is 11.3 Å². The summed E-state index contributed by atoms with van der Waals surface area (Å²) in [7, 11) is 3.66. The van der Waals surface area contributed by atoms with Crippen molar-refractivity contribution < 1.29 is 9.84 Å². The molecule has 0 aliphatic rings. The van der Waals surface area contributed by atoms with Gasteiger partial charge in [-0.2, -0.15) is 0 Å². The molecule has 5 heteroatoms. The van der Waals surface area contributed by atoms with Gasteiger partial charge >= 0.3 is 0 Å². The summed E-state index contributed by atoms with van der Waals surface area (Å²) in [6.07, 6.45) is 0. The lowest BCUT2D eigenvalue weighted by Crippen LogP contribution is -2.22. The maximum atomic E-state index is 9.22. The van der Waals surface area contributed by atoms with Crippen molar-refractivity contribution in [2.45, 2.75) is 27.1 Å². The summed E-state index contributed by atoms with van der Waals surface area (Å²) in [5.41, 5.74) is 0.848.